The Morgan fingerprint density at radius 2 is 2.16 bits per heavy atom. The molecule has 0 saturated carbocycles. The van der Waals surface area contributed by atoms with Crippen LogP contribution in [0.15, 0.2) is 42.0 Å². The van der Waals surface area contributed by atoms with E-state index in [0.29, 0.717) is 11.7 Å². The summed E-state index contributed by atoms with van der Waals surface area (Å²) in [6, 6.07) is 5.24. The third-order valence-corrected chi connectivity index (χ3v) is 7.45. The Morgan fingerprint density at radius 3 is 2.92 bits per heavy atom. The van der Waals surface area contributed by atoms with E-state index in [2.05, 4.69) is 16.2 Å². The number of hydrogen-bond acceptors (Lipinski definition) is 7. The summed E-state index contributed by atoms with van der Waals surface area (Å²) in [5.41, 5.74) is 8.27. The largest absolute Gasteiger partial charge is 0.375 e. The number of fused-ring (bicyclic) bond motifs is 2. The first kappa shape index (κ1) is 24.7. The van der Waals surface area contributed by atoms with Crippen LogP contribution in [-0.2, 0) is 16.1 Å². The van der Waals surface area contributed by atoms with Gasteiger partial charge in [0.05, 0.1) is 29.9 Å². The van der Waals surface area contributed by atoms with E-state index in [0.717, 1.165) is 21.4 Å². The highest BCUT2D eigenvalue weighted by Crippen LogP contribution is 2.29. The number of amides is 4. The van der Waals surface area contributed by atoms with Crippen molar-refractivity contribution in [3.8, 4) is 12.3 Å². The maximum atomic E-state index is 13.3. The number of anilines is 1. The molecule has 12 heteroatoms. The van der Waals surface area contributed by atoms with Crippen LogP contribution in [0.1, 0.15) is 12.0 Å². The summed E-state index contributed by atoms with van der Waals surface area (Å²) >= 11 is 1.38. The molecule has 2 aromatic rings. The molecule has 5 rings (SSSR count). The number of allylic oxidation sites excluding steroid dienone is 2. The third kappa shape index (κ3) is 5.00. The molecule has 1 aromatic heterocycles. The van der Waals surface area contributed by atoms with E-state index in [1.165, 1.54) is 27.3 Å². The van der Waals surface area contributed by atoms with Gasteiger partial charge in [0.1, 0.15) is 18.9 Å². The number of terminal acetylenes is 1. The molecule has 0 spiro atoms. The van der Waals surface area contributed by atoms with Crippen molar-refractivity contribution < 1.29 is 18.8 Å². The first-order valence-corrected chi connectivity index (χ1v) is 12.6. The predicted octanol–water partition coefficient (Wildman–Crippen LogP) is 1.48. The van der Waals surface area contributed by atoms with Crippen LogP contribution in [0.2, 0.25) is 0 Å². The molecule has 1 aliphatic carbocycles. The summed E-state index contributed by atoms with van der Waals surface area (Å²) in [4.78, 5) is 46.4. The maximum absolute atomic E-state index is 13.3. The van der Waals surface area contributed by atoms with Gasteiger partial charge in [0, 0.05) is 19.5 Å². The molecule has 0 radical (unpaired) electrons. The van der Waals surface area contributed by atoms with Gasteiger partial charge in [-0.3, -0.25) is 9.59 Å². The van der Waals surface area contributed by atoms with Gasteiger partial charge in [-0.25, -0.2) is 19.2 Å². The quantitative estimate of drug-likeness (QED) is 0.555. The molecule has 4 amide bonds. The molecule has 192 valence electrons. The second-order valence-corrected chi connectivity index (χ2v) is 10.1. The fourth-order valence-electron chi connectivity index (χ4n) is 4.75. The number of urea groups is 1. The summed E-state index contributed by atoms with van der Waals surface area (Å²) in [5.74, 6) is 2.03. The minimum Gasteiger partial charge on any atom is -0.375 e. The highest BCUT2D eigenvalue weighted by molar-refractivity contribution is 7.22. The van der Waals surface area contributed by atoms with Gasteiger partial charge in [0.15, 0.2) is 5.13 Å². The lowest BCUT2D eigenvalue weighted by molar-refractivity contribution is -0.149. The number of para-hydroxylation sites is 1. The van der Waals surface area contributed by atoms with Gasteiger partial charge in [0.2, 0.25) is 11.8 Å². The number of nitrogens with zero attached hydrogens (tertiary/aromatic N) is 5. The molecule has 2 fully saturated rings. The van der Waals surface area contributed by atoms with Crippen molar-refractivity contribution in [2.75, 3.05) is 38.5 Å². The van der Waals surface area contributed by atoms with Crippen LogP contribution in [0, 0.1) is 12.3 Å². The zero-order chi connectivity index (χ0) is 26.1. The maximum Gasteiger partial charge on any atom is 0.333 e. The number of rotatable bonds is 6. The number of nitrogens with one attached hydrogen (secondary N) is 1. The van der Waals surface area contributed by atoms with Crippen molar-refractivity contribution in [2.24, 2.45) is 0 Å². The van der Waals surface area contributed by atoms with Gasteiger partial charge in [-0.05, 0) is 17.2 Å². The highest BCUT2D eigenvalue weighted by atomic mass is 32.1. The molecular weight excluding hydrogens is 497 g/mol. The number of nitrogen functional groups attached to an aromatic ring is 1. The summed E-state index contributed by atoms with van der Waals surface area (Å²) in [5, 5.41) is 6.19. The van der Waals surface area contributed by atoms with E-state index in [1.54, 1.807) is 22.1 Å². The van der Waals surface area contributed by atoms with E-state index < -0.39 is 18.4 Å². The molecule has 0 bridgehead atoms. The number of thiazole rings is 1. The smallest absolute Gasteiger partial charge is 0.333 e. The van der Waals surface area contributed by atoms with Gasteiger partial charge < -0.3 is 20.9 Å². The van der Waals surface area contributed by atoms with Crippen molar-refractivity contribution in [2.45, 2.75) is 25.3 Å². The van der Waals surface area contributed by atoms with Crippen LogP contribution in [0.5, 0.6) is 0 Å². The van der Waals surface area contributed by atoms with Crippen LogP contribution >= 0.6 is 11.3 Å². The molecule has 3 aliphatic rings. The Kier molecular flexibility index (Phi) is 6.82. The number of hydrazine groups is 1. The monoisotopic (exact) mass is 523 g/mol. The molecular formula is C25H26FN7O3S. The standard InChI is InChI=1S/C25H26FN7O3S/c1-2-10-32(25(36)28-11-16-6-8-18(26)9-7-16)33-15-22(35)31-14-21(34)30(13-20(31)33)12-17-4-3-5-19-23(17)29-24(27)37-19/h1,3-8,18,20H,9-15H2,(H2,27,29)(H,28,36). The summed E-state index contributed by atoms with van der Waals surface area (Å²) < 4.78 is 14.3. The van der Waals surface area contributed by atoms with E-state index in [9.17, 15) is 18.8 Å². The number of alkyl halides is 1. The van der Waals surface area contributed by atoms with E-state index in [1.807, 2.05) is 18.2 Å². The van der Waals surface area contributed by atoms with Crippen molar-refractivity contribution in [1.29, 1.82) is 0 Å². The van der Waals surface area contributed by atoms with Crippen molar-refractivity contribution >= 4 is 44.5 Å². The number of carbonyl (C=O) groups excluding carboxylic acids is 3. The second kappa shape index (κ2) is 10.2. The van der Waals surface area contributed by atoms with Gasteiger partial charge in [-0.2, -0.15) is 5.01 Å². The summed E-state index contributed by atoms with van der Waals surface area (Å²) in [6.45, 7) is 0.457. The topological polar surface area (TPSA) is 115 Å². The number of halogens is 1. The zero-order valence-electron chi connectivity index (χ0n) is 20.0. The number of piperazine rings is 1. The SMILES string of the molecule is C#CCN(C(=O)NCC1=CCC(F)C=C1)N1CC(=O)N2CC(=O)N(Cc3cccc4sc(N)nc34)CC21. The number of nitrogens with two attached hydrogens (primary N) is 1. The highest BCUT2D eigenvalue weighted by Gasteiger charge is 2.47. The number of benzene rings is 1. The second-order valence-electron chi connectivity index (χ2n) is 9.00. The lowest BCUT2D eigenvalue weighted by Crippen LogP contribution is -2.62. The molecule has 3 N–H and O–H groups in total. The van der Waals surface area contributed by atoms with Gasteiger partial charge >= 0.3 is 6.03 Å². The molecule has 2 saturated heterocycles. The van der Waals surface area contributed by atoms with Gasteiger partial charge in [0.25, 0.3) is 0 Å². The molecule has 2 aliphatic heterocycles. The van der Waals surface area contributed by atoms with E-state index >= 15 is 0 Å². The fraction of sp³-hybridized carbons (Fsp3) is 0.360. The van der Waals surface area contributed by atoms with Crippen LogP contribution in [-0.4, -0.2) is 87.7 Å². The van der Waals surface area contributed by atoms with Crippen LogP contribution < -0.4 is 11.1 Å². The Balaban J connectivity index is 1.32. The molecule has 37 heavy (non-hydrogen) atoms. The van der Waals surface area contributed by atoms with Gasteiger partial charge in [-0.1, -0.05) is 47.6 Å². The lowest BCUT2D eigenvalue weighted by Gasteiger charge is -2.42. The molecule has 2 atom stereocenters. The van der Waals surface area contributed by atoms with E-state index in [4.69, 9.17) is 12.2 Å². The molecule has 1 aromatic carbocycles. The third-order valence-electron chi connectivity index (χ3n) is 6.60. The first-order chi connectivity index (χ1) is 17.8. The van der Waals surface area contributed by atoms with Gasteiger partial charge in [-0.15, -0.1) is 6.42 Å². The van der Waals surface area contributed by atoms with Crippen LogP contribution in [0.25, 0.3) is 10.2 Å². The molecule has 10 nitrogen and oxygen atoms in total. The Morgan fingerprint density at radius 1 is 1.32 bits per heavy atom. The van der Waals surface area contributed by atoms with Crippen molar-refractivity contribution in [1.82, 2.24) is 30.1 Å². The van der Waals surface area contributed by atoms with E-state index in [-0.39, 0.29) is 51.0 Å². The summed E-state index contributed by atoms with van der Waals surface area (Å²) in [7, 11) is 0. The Bertz CT molecular complexity index is 1350. The Hall–Kier alpha value is -3.95. The lowest BCUT2D eigenvalue weighted by atomic mass is 10.1. The predicted molar refractivity (Wildman–Crippen MR) is 137 cm³/mol. The average Bonchev–Trinajstić information content (AvgIpc) is 3.41. The van der Waals surface area contributed by atoms with Crippen molar-refractivity contribution in [3.63, 3.8) is 0 Å². The van der Waals surface area contributed by atoms with Crippen molar-refractivity contribution in [3.05, 3.63) is 47.6 Å². The van der Waals surface area contributed by atoms with Crippen LogP contribution in [0.4, 0.5) is 14.3 Å². The fourth-order valence-corrected chi connectivity index (χ4v) is 5.53. The number of aromatic nitrogens is 1. The minimum absolute atomic E-state index is 0.0593. The summed E-state index contributed by atoms with van der Waals surface area (Å²) in [6.07, 6.45) is 9.08. The normalized spacial score (nSPS) is 21.7. The minimum atomic E-state index is -1.02. The number of carbonyl (C=O) groups is 3. The van der Waals surface area contributed by atoms with Crippen LogP contribution in [0.3, 0.4) is 0 Å². The molecule has 2 unspecified atom stereocenters. The number of hydrogen-bond donors (Lipinski definition) is 2. The molecule has 3 heterocycles. The first-order valence-electron chi connectivity index (χ1n) is 11.8. The Labute approximate surface area is 217 Å². The zero-order valence-corrected chi connectivity index (χ0v) is 20.8. The average molecular weight is 524 g/mol.